The second-order valence-electron chi connectivity index (χ2n) is 6.48. The normalized spacial score (nSPS) is 25.0. The van der Waals surface area contributed by atoms with Crippen LogP contribution in [0.2, 0.25) is 0 Å². The average Bonchev–Trinajstić information content (AvgIpc) is 2.66. The van der Waals surface area contributed by atoms with E-state index in [1.807, 2.05) is 0 Å². The number of ether oxygens (including phenoxy) is 1. The van der Waals surface area contributed by atoms with Gasteiger partial charge >= 0.3 is 0 Å². The van der Waals surface area contributed by atoms with Crippen molar-refractivity contribution >= 4 is 0 Å². The van der Waals surface area contributed by atoms with E-state index in [9.17, 15) is 0 Å². The molecule has 0 bridgehead atoms. The molecule has 0 aromatic rings. The summed E-state index contributed by atoms with van der Waals surface area (Å²) in [5.41, 5.74) is 0.260. The van der Waals surface area contributed by atoms with Gasteiger partial charge in [0.05, 0.1) is 13.2 Å². The highest BCUT2D eigenvalue weighted by Crippen LogP contribution is 2.19. The average molecular weight is 254 g/mol. The fourth-order valence-electron chi connectivity index (χ4n) is 3.16. The molecule has 0 unspecified atom stereocenters. The van der Waals surface area contributed by atoms with Gasteiger partial charge in [-0.25, -0.2) is 0 Å². The van der Waals surface area contributed by atoms with Gasteiger partial charge in [0, 0.05) is 31.2 Å². The van der Waals surface area contributed by atoms with Gasteiger partial charge in [-0.3, -0.25) is 4.90 Å². The molecule has 1 saturated heterocycles. The third-order valence-corrected chi connectivity index (χ3v) is 4.55. The molecule has 1 aliphatic heterocycles. The van der Waals surface area contributed by atoms with Crippen LogP contribution in [0.5, 0.6) is 0 Å². The molecule has 3 heteroatoms. The van der Waals surface area contributed by atoms with Crippen molar-refractivity contribution in [3.63, 3.8) is 0 Å². The molecule has 2 aliphatic rings. The molecule has 1 N–H and O–H groups in total. The van der Waals surface area contributed by atoms with E-state index in [4.69, 9.17) is 4.74 Å². The fraction of sp³-hybridized carbons (Fsp3) is 1.00. The first-order valence-corrected chi connectivity index (χ1v) is 7.75. The smallest absolute Gasteiger partial charge is 0.0594 e. The van der Waals surface area contributed by atoms with E-state index in [2.05, 4.69) is 24.1 Å². The minimum atomic E-state index is 0.260. The number of hydrogen-bond donors (Lipinski definition) is 1. The highest BCUT2D eigenvalue weighted by atomic mass is 16.5. The van der Waals surface area contributed by atoms with Crippen LogP contribution in [0.1, 0.15) is 52.4 Å². The van der Waals surface area contributed by atoms with Crippen LogP contribution in [-0.2, 0) is 4.74 Å². The second-order valence-corrected chi connectivity index (χ2v) is 6.48. The number of hydrogen-bond acceptors (Lipinski definition) is 3. The molecular formula is C15H30N2O. The van der Waals surface area contributed by atoms with E-state index >= 15 is 0 Å². The van der Waals surface area contributed by atoms with E-state index in [-0.39, 0.29) is 5.54 Å². The molecule has 2 rings (SSSR count). The van der Waals surface area contributed by atoms with Gasteiger partial charge in [0.25, 0.3) is 0 Å². The monoisotopic (exact) mass is 254 g/mol. The van der Waals surface area contributed by atoms with E-state index < -0.39 is 0 Å². The van der Waals surface area contributed by atoms with Crippen LogP contribution in [-0.4, -0.2) is 49.3 Å². The lowest BCUT2D eigenvalue weighted by Crippen LogP contribution is -2.55. The number of nitrogens with one attached hydrogen (secondary N) is 1. The highest BCUT2D eigenvalue weighted by Gasteiger charge is 2.28. The first-order valence-electron chi connectivity index (χ1n) is 7.75. The van der Waals surface area contributed by atoms with Crippen LogP contribution < -0.4 is 5.32 Å². The van der Waals surface area contributed by atoms with Crippen molar-refractivity contribution in [1.29, 1.82) is 0 Å². The molecule has 0 amide bonds. The first-order chi connectivity index (χ1) is 8.68. The van der Waals surface area contributed by atoms with Crippen molar-refractivity contribution in [2.45, 2.75) is 64.0 Å². The molecular weight excluding hydrogens is 224 g/mol. The van der Waals surface area contributed by atoms with Gasteiger partial charge in [-0.1, -0.05) is 25.7 Å². The van der Waals surface area contributed by atoms with Gasteiger partial charge in [0.15, 0.2) is 0 Å². The zero-order valence-electron chi connectivity index (χ0n) is 12.2. The molecule has 1 aliphatic carbocycles. The van der Waals surface area contributed by atoms with Crippen molar-refractivity contribution in [1.82, 2.24) is 10.2 Å². The predicted molar refractivity (Wildman–Crippen MR) is 76.0 cm³/mol. The van der Waals surface area contributed by atoms with Gasteiger partial charge in [0.1, 0.15) is 0 Å². The molecule has 0 aromatic heterocycles. The third-order valence-electron chi connectivity index (χ3n) is 4.55. The van der Waals surface area contributed by atoms with Crippen LogP contribution in [0.25, 0.3) is 0 Å². The predicted octanol–water partition coefficient (Wildman–Crippen LogP) is 2.41. The number of morpholine rings is 1. The Hall–Kier alpha value is -0.120. The van der Waals surface area contributed by atoms with Gasteiger partial charge in [-0.2, -0.15) is 0 Å². The Labute approximate surface area is 112 Å². The Morgan fingerprint density at radius 1 is 1.06 bits per heavy atom. The summed E-state index contributed by atoms with van der Waals surface area (Å²) in [5, 5.41) is 3.82. The summed E-state index contributed by atoms with van der Waals surface area (Å²) in [6.45, 7) is 9.79. The Morgan fingerprint density at radius 3 is 2.28 bits per heavy atom. The molecule has 1 saturated carbocycles. The Kier molecular flexibility index (Phi) is 5.46. The standard InChI is InChI=1S/C15H30N2O/c1-15(2,17-9-11-18-12-10-17)13-16-14-7-5-3-4-6-8-14/h14,16H,3-13H2,1-2H3. The molecule has 0 radical (unpaired) electrons. The first kappa shape index (κ1) is 14.3. The summed E-state index contributed by atoms with van der Waals surface area (Å²) in [7, 11) is 0. The van der Waals surface area contributed by atoms with Crippen LogP contribution >= 0.6 is 0 Å². The zero-order chi connectivity index (χ0) is 12.8. The maximum atomic E-state index is 5.44. The Morgan fingerprint density at radius 2 is 1.67 bits per heavy atom. The van der Waals surface area contributed by atoms with Crippen LogP contribution in [0.15, 0.2) is 0 Å². The fourth-order valence-corrected chi connectivity index (χ4v) is 3.16. The topological polar surface area (TPSA) is 24.5 Å². The summed E-state index contributed by atoms with van der Waals surface area (Å²) in [6, 6.07) is 0.757. The molecule has 0 atom stereocenters. The molecule has 106 valence electrons. The quantitative estimate of drug-likeness (QED) is 0.780. The van der Waals surface area contributed by atoms with Crippen molar-refractivity contribution in [2.24, 2.45) is 0 Å². The van der Waals surface area contributed by atoms with E-state index in [0.29, 0.717) is 0 Å². The largest absolute Gasteiger partial charge is 0.379 e. The van der Waals surface area contributed by atoms with E-state index in [0.717, 1.165) is 38.9 Å². The molecule has 3 nitrogen and oxygen atoms in total. The highest BCUT2D eigenvalue weighted by molar-refractivity contribution is 4.86. The Balaban J connectivity index is 1.75. The van der Waals surface area contributed by atoms with Crippen LogP contribution in [0.4, 0.5) is 0 Å². The lowest BCUT2D eigenvalue weighted by Gasteiger charge is -2.41. The maximum Gasteiger partial charge on any atom is 0.0594 e. The lowest BCUT2D eigenvalue weighted by atomic mass is 10.0. The minimum Gasteiger partial charge on any atom is -0.379 e. The van der Waals surface area contributed by atoms with Crippen LogP contribution in [0.3, 0.4) is 0 Å². The van der Waals surface area contributed by atoms with Gasteiger partial charge < -0.3 is 10.1 Å². The SMILES string of the molecule is CC(C)(CNC1CCCCCC1)N1CCOCC1. The summed E-state index contributed by atoms with van der Waals surface area (Å²) >= 11 is 0. The molecule has 2 fully saturated rings. The van der Waals surface area contributed by atoms with Crippen LogP contribution in [0, 0.1) is 0 Å². The second kappa shape index (κ2) is 6.88. The maximum absolute atomic E-state index is 5.44. The molecule has 1 heterocycles. The summed E-state index contributed by atoms with van der Waals surface area (Å²) < 4.78 is 5.44. The Bertz CT molecular complexity index is 229. The van der Waals surface area contributed by atoms with Gasteiger partial charge in [-0.05, 0) is 26.7 Å². The van der Waals surface area contributed by atoms with Crippen molar-refractivity contribution in [3.8, 4) is 0 Å². The summed E-state index contributed by atoms with van der Waals surface area (Å²) in [6.07, 6.45) is 8.44. The van der Waals surface area contributed by atoms with E-state index in [1.165, 1.54) is 38.5 Å². The number of rotatable bonds is 4. The molecule has 0 aromatic carbocycles. The minimum absolute atomic E-state index is 0.260. The zero-order valence-corrected chi connectivity index (χ0v) is 12.2. The van der Waals surface area contributed by atoms with Crippen molar-refractivity contribution < 1.29 is 4.74 Å². The summed E-state index contributed by atoms with van der Waals surface area (Å²) in [5.74, 6) is 0. The van der Waals surface area contributed by atoms with E-state index in [1.54, 1.807) is 0 Å². The molecule has 0 spiro atoms. The van der Waals surface area contributed by atoms with Crippen molar-refractivity contribution in [3.05, 3.63) is 0 Å². The summed E-state index contributed by atoms with van der Waals surface area (Å²) in [4.78, 5) is 2.57. The lowest BCUT2D eigenvalue weighted by molar-refractivity contribution is -0.0105. The third kappa shape index (κ3) is 4.22. The molecule has 18 heavy (non-hydrogen) atoms. The van der Waals surface area contributed by atoms with Crippen molar-refractivity contribution in [2.75, 3.05) is 32.8 Å². The number of nitrogens with zero attached hydrogens (tertiary/aromatic N) is 1. The van der Waals surface area contributed by atoms with Gasteiger partial charge in [0.2, 0.25) is 0 Å². The van der Waals surface area contributed by atoms with Gasteiger partial charge in [-0.15, -0.1) is 0 Å².